The number of rotatable bonds is 14. The van der Waals surface area contributed by atoms with Crippen LogP contribution in [0.2, 0.25) is 0 Å². The first-order chi connectivity index (χ1) is 12.1. The molecule has 148 valence electrons. The van der Waals surface area contributed by atoms with Gasteiger partial charge in [-0.05, 0) is 62.9 Å². The van der Waals surface area contributed by atoms with E-state index >= 15 is 0 Å². The summed E-state index contributed by atoms with van der Waals surface area (Å²) < 4.78 is 0. The van der Waals surface area contributed by atoms with Crippen LogP contribution in [0.1, 0.15) is 90.4 Å². The van der Waals surface area contributed by atoms with Crippen LogP contribution in [0.25, 0.3) is 0 Å². The molecule has 25 heavy (non-hydrogen) atoms. The molecule has 0 bridgehead atoms. The average Bonchev–Trinajstić information content (AvgIpc) is 2.96. The molecule has 0 radical (unpaired) electrons. The van der Waals surface area contributed by atoms with Crippen molar-refractivity contribution in [2.24, 2.45) is 11.8 Å². The summed E-state index contributed by atoms with van der Waals surface area (Å²) in [5.74, 6) is 1.11. The summed E-state index contributed by atoms with van der Waals surface area (Å²) in [6.45, 7) is 1.88. The first-order valence-electron chi connectivity index (χ1n) is 10.4. The minimum atomic E-state index is -0.269. The molecular formula is C21H40O4. The van der Waals surface area contributed by atoms with Gasteiger partial charge in [0.15, 0.2) is 0 Å². The molecule has 4 nitrogen and oxygen atoms in total. The molecule has 1 aliphatic carbocycles. The van der Waals surface area contributed by atoms with E-state index < -0.39 is 0 Å². The van der Waals surface area contributed by atoms with Gasteiger partial charge in [0.25, 0.3) is 0 Å². The van der Waals surface area contributed by atoms with Crippen molar-refractivity contribution in [1.82, 2.24) is 0 Å². The van der Waals surface area contributed by atoms with Crippen LogP contribution >= 0.6 is 0 Å². The molecule has 4 N–H and O–H groups in total. The van der Waals surface area contributed by atoms with Crippen LogP contribution in [0.15, 0.2) is 11.8 Å². The summed E-state index contributed by atoms with van der Waals surface area (Å²) in [5.41, 5.74) is 0. The van der Waals surface area contributed by atoms with Gasteiger partial charge < -0.3 is 20.4 Å². The third-order valence-electron chi connectivity index (χ3n) is 5.72. The summed E-state index contributed by atoms with van der Waals surface area (Å²) in [4.78, 5) is 0. The largest absolute Gasteiger partial charge is 0.510 e. The van der Waals surface area contributed by atoms with Gasteiger partial charge in [-0.25, -0.2) is 0 Å². The van der Waals surface area contributed by atoms with Crippen LogP contribution in [0.4, 0.5) is 0 Å². The quantitative estimate of drug-likeness (QED) is 0.273. The third kappa shape index (κ3) is 9.62. The van der Waals surface area contributed by atoms with Crippen molar-refractivity contribution in [3.05, 3.63) is 11.8 Å². The molecular weight excluding hydrogens is 316 g/mol. The molecule has 0 spiro atoms. The molecule has 1 saturated carbocycles. The molecule has 0 aromatic rings. The minimum Gasteiger partial charge on any atom is -0.510 e. The lowest BCUT2D eigenvalue weighted by Crippen LogP contribution is -2.20. The zero-order chi connectivity index (χ0) is 18.5. The fraction of sp³-hybridized carbons (Fsp3) is 0.905. The van der Waals surface area contributed by atoms with Gasteiger partial charge in [-0.2, -0.15) is 0 Å². The Hall–Kier alpha value is -0.580. The van der Waals surface area contributed by atoms with Gasteiger partial charge in [0, 0.05) is 0 Å². The Balaban J connectivity index is 2.18. The van der Waals surface area contributed by atoms with E-state index in [9.17, 15) is 15.3 Å². The van der Waals surface area contributed by atoms with Gasteiger partial charge >= 0.3 is 0 Å². The fourth-order valence-corrected chi connectivity index (χ4v) is 4.15. The van der Waals surface area contributed by atoms with Crippen LogP contribution in [0.5, 0.6) is 0 Å². The molecule has 1 fully saturated rings. The predicted molar refractivity (Wildman–Crippen MR) is 102 cm³/mol. The SMILES string of the molecule is CCCCC(O)CCC[C@H]1C(O)CC[C@@H]1CCCCCC=C(O)CO. The van der Waals surface area contributed by atoms with E-state index in [1.807, 2.05) is 0 Å². The second-order valence-corrected chi connectivity index (χ2v) is 7.79. The summed E-state index contributed by atoms with van der Waals surface area (Å²) in [6.07, 6.45) is 14.9. The Labute approximate surface area is 154 Å². The van der Waals surface area contributed by atoms with Crippen LogP contribution < -0.4 is 0 Å². The van der Waals surface area contributed by atoms with Gasteiger partial charge in [0.1, 0.15) is 5.76 Å². The summed E-state index contributed by atoms with van der Waals surface area (Å²) in [5, 5.41) is 38.1. The minimum absolute atomic E-state index is 0.0695. The number of hydrogen-bond acceptors (Lipinski definition) is 4. The number of allylic oxidation sites excluding steroid dienone is 1. The smallest absolute Gasteiger partial charge is 0.114 e. The van der Waals surface area contributed by atoms with Gasteiger partial charge in [0.2, 0.25) is 0 Å². The highest BCUT2D eigenvalue weighted by Crippen LogP contribution is 2.39. The van der Waals surface area contributed by atoms with Crippen molar-refractivity contribution < 1.29 is 20.4 Å². The lowest BCUT2D eigenvalue weighted by atomic mass is 9.85. The van der Waals surface area contributed by atoms with Crippen LogP contribution in [0.3, 0.4) is 0 Å². The molecule has 0 aromatic heterocycles. The van der Waals surface area contributed by atoms with Gasteiger partial charge in [-0.1, -0.05) is 45.4 Å². The van der Waals surface area contributed by atoms with E-state index in [-0.39, 0.29) is 24.6 Å². The molecule has 0 aromatic carbocycles. The van der Waals surface area contributed by atoms with Crippen molar-refractivity contribution in [3.8, 4) is 0 Å². The lowest BCUT2D eigenvalue weighted by molar-refractivity contribution is 0.0986. The molecule has 0 aliphatic heterocycles. The maximum Gasteiger partial charge on any atom is 0.114 e. The summed E-state index contributed by atoms with van der Waals surface area (Å²) in [6, 6.07) is 0. The Kier molecular flexibility index (Phi) is 12.2. The molecule has 0 saturated heterocycles. The maximum atomic E-state index is 10.3. The Morgan fingerprint density at radius 2 is 1.80 bits per heavy atom. The van der Waals surface area contributed by atoms with Crippen molar-refractivity contribution in [3.63, 3.8) is 0 Å². The Morgan fingerprint density at radius 1 is 1.04 bits per heavy atom. The molecule has 0 amide bonds. The van der Waals surface area contributed by atoms with E-state index in [0.717, 1.165) is 70.6 Å². The first kappa shape index (κ1) is 22.5. The van der Waals surface area contributed by atoms with E-state index in [4.69, 9.17) is 5.11 Å². The van der Waals surface area contributed by atoms with Gasteiger partial charge in [-0.3, -0.25) is 0 Å². The highest BCUT2D eigenvalue weighted by molar-refractivity contribution is 4.90. The molecule has 4 heteroatoms. The monoisotopic (exact) mass is 356 g/mol. The average molecular weight is 357 g/mol. The number of hydrogen-bond donors (Lipinski definition) is 4. The van der Waals surface area contributed by atoms with Crippen LogP contribution in [-0.4, -0.2) is 39.2 Å². The van der Waals surface area contributed by atoms with E-state index in [0.29, 0.717) is 11.8 Å². The van der Waals surface area contributed by atoms with Gasteiger partial charge in [-0.15, -0.1) is 0 Å². The van der Waals surface area contributed by atoms with Crippen LogP contribution in [-0.2, 0) is 0 Å². The van der Waals surface area contributed by atoms with Crippen molar-refractivity contribution in [1.29, 1.82) is 0 Å². The fourth-order valence-electron chi connectivity index (χ4n) is 4.15. The van der Waals surface area contributed by atoms with E-state index in [2.05, 4.69) is 6.92 Å². The highest BCUT2D eigenvalue weighted by atomic mass is 16.3. The first-order valence-corrected chi connectivity index (χ1v) is 10.4. The zero-order valence-electron chi connectivity index (χ0n) is 16.1. The molecule has 2 unspecified atom stereocenters. The molecule has 4 atom stereocenters. The van der Waals surface area contributed by atoms with Crippen molar-refractivity contribution >= 4 is 0 Å². The van der Waals surface area contributed by atoms with Crippen molar-refractivity contribution in [2.75, 3.05) is 6.61 Å². The number of unbranched alkanes of at least 4 members (excludes halogenated alkanes) is 4. The summed E-state index contributed by atoms with van der Waals surface area (Å²) >= 11 is 0. The van der Waals surface area contributed by atoms with E-state index in [1.165, 1.54) is 12.8 Å². The second kappa shape index (κ2) is 13.6. The predicted octanol–water partition coefficient (Wildman–Crippen LogP) is 4.48. The topological polar surface area (TPSA) is 80.9 Å². The van der Waals surface area contributed by atoms with Crippen LogP contribution in [0, 0.1) is 11.8 Å². The molecule has 0 heterocycles. The Bertz CT molecular complexity index is 356. The van der Waals surface area contributed by atoms with E-state index in [1.54, 1.807) is 6.08 Å². The normalized spacial score (nSPS) is 25.4. The van der Waals surface area contributed by atoms with Crippen molar-refractivity contribution in [2.45, 2.75) is 103 Å². The number of aliphatic hydroxyl groups excluding tert-OH is 4. The zero-order valence-corrected chi connectivity index (χ0v) is 16.1. The second-order valence-electron chi connectivity index (χ2n) is 7.79. The molecule has 1 rings (SSSR count). The highest BCUT2D eigenvalue weighted by Gasteiger charge is 2.33. The molecule has 1 aliphatic rings. The Morgan fingerprint density at radius 3 is 2.52 bits per heavy atom. The maximum absolute atomic E-state index is 10.3. The lowest BCUT2D eigenvalue weighted by Gasteiger charge is -2.22. The summed E-state index contributed by atoms with van der Waals surface area (Å²) in [7, 11) is 0. The standard InChI is InChI=1S/C21H40O4/c1-2-3-10-18(23)12-8-13-20-17(14-15-21(20)25)9-6-4-5-7-11-19(24)16-22/h11,17-18,20-25H,2-10,12-16H2,1H3/t17-,18?,20+,21?/m0/s1. The number of aliphatic hydroxyl groups is 4. The van der Waals surface area contributed by atoms with Gasteiger partial charge in [0.05, 0.1) is 18.8 Å². The third-order valence-corrected chi connectivity index (χ3v) is 5.72.